The first kappa shape index (κ1) is 20.4. The topological polar surface area (TPSA) is 98.1 Å². The normalized spacial score (nSPS) is 17.1. The Hall–Kier alpha value is -4.20. The van der Waals surface area contributed by atoms with Gasteiger partial charge in [-0.05, 0) is 55.2 Å². The molecule has 34 heavy (non-hydrogen) atoms. The number of hydrogen-bond acceptors (Lipinski definition) is 7. The van der Waals surface area contributed by atoms with Gasteiger partial charge in [-0.2, -0.15) is 5.10 Å². The van der Waals surface area contributed by atoms with Gasteiger partial charge < -0.3 is 13.6 Å². The SMILES string of the molecule is O=C(OCC(=O)N1N=C(c2ccco2)CC1c1ccco1)c1c2c(nc3ccccc13)CCC2. The van der Waals surface area contributed by atoms with Gasteiger partial charge in [0.25, 0.3) is 5.91 Å². The van der Waals surface area contributed by atoms with Crippen LogP contribution < -0.4 is 0 Å². The van der Waals surface area contributed by atoms with E-state index in [0.29, 0.717) is 29.2 Å². The molecule has 8 nitrogen and oxygen atoms in total. The number of pyridine rings is 1. The first-order valence-electron chi connectivity index (χ1n) is 11.2. The molecule has 0 spiro atoms. The minimum Gasteiger partial charge on any atom is -0.467 e. The highest BCUT2D eigenvalue weighted by Crippen LogP contribution is 2.34. The quantitative estimate of drug-likeness (QED) is 0.413. The predicted molar refractivity (Wildman–Crippen MR) is 122 cm³/mol. The number of benzene rings is 1. The van der Waals surface area contributed by atoms with Gasteiger partial charge in [0, 0.05) is 17.5 Å². The summed E-state index contributed by atoms with van der Waals surface area (Å²) in [6.45, 7) is -0.434. The van der Waals surface area contributed by atoms with Crippen molar-refractivity contribution in [1.29, 1.82) is 0 Å². The number of hydrogen-bond donors (Lipinski definition) is 0. The Balaban J connectivity index is 1.26. The lowest BCUT2D eigenvalue weighted by atomic mass is 10.0. The van der Waals surface area contributed by atoms with Crippen molar-refractivity contribution < 1.29 is 23.2 Å². The number of esters is 1. The standard InChI is InChI=1S/C26H21N3O5/c30-24(29-21(23-11-5-13-33-23)14-20(28-29)22-10-4-12-32-22)15-34-26(31)25-16-6-1-2-8-18(16)27-19-9-3-7-17(19)25/h1-2,4-6,8,10-13,21H,3,7,9,14-15H2. The Bertz CT molecular complexity index is 1410. The van der Waals surface area contributed by atoms with Gasteiger partial charge in [0.1, 0.15) is 23.3 Å². The summed E-state index contributed by atoms with van der Waals surface area (Å²) in [5, 5.41) is 6.53. The van der Waals surface area contributed by atoms with Crippen LogP contribution in [0.4, 0.5) is 0 Å². The number of furan rings is 2. The molecule has 1 aliphatic carbocycles. The molecule has 1 atom stereocenters. The number of carbonyl (C=O) groups excluding carboxylic acids is 2. The zero-order valence-electron chi connectivity index (χ0n) is 18.3. The van der Waals surface area contributed by atoms with Crippen LogP contribution in [0.2, 0.25) is 0 Å². The summed E-state index contributed by atoms with van der Waals surface area (Å²) in [6.07, 6.45) is 6.10. The van der Waals surface area contributed by atoms with Gasteiger partial charge >= 0.3 is 5.97 Å². The van der Waals surface area contributed by atoms with Gasteiger partial charge in [-0.25, -0.2) is 9.80 Å². The number of aromatic nitrogens is 1. The second-order valence-electron chi connectivity index (χ2n) is 8.36. The molecule has 0 fully saturated rings. The molecule has 0 saturated heterocycles. The van der Waals surface area contributed by atoms with Crippen LogP contribution >= 0.6 is 0 Å². The molecule has 4 aromatic rings. The zero-order valence-corrected chi connectivity index (χ0v) is 18.3. The summed E-state index contributed by atoms with van der Waals surface area (Å²) >= 11 is 0. The summed E-state index contributed by atoms with van der Waals surface area (Å²) in [5.74, 6) is 0.228. The van der Waals surface area contributed by atoms with Crippen molar-refractivity contribution in [3.63, 3.8) is 0 Å². The van der Waals surface area contributed by atoms with Gasteiger partial charge in [-0.15, -0.1) is 0 Å². The molecule has 4 heterocycles. The van der Waals surface area contributed by atoms with Gasteiger partial charge in [-0.3, -0.25) is 9.78 Å². The number of fused-ring (bicyclic) bond motifs is 2. The number of hydrazone groups is 1. The molecule has 3 aromatic heterocycles. The maximum Gasteiger partial charge on any atom is 0.339 e. The fraction of sp³-hybridized carbons (Fsp3) is 0.231. The highest BCUT2D eigenvalue weighted by Gasteiger charge is 2.36. The van der Waals surface area contributed by atoms with Crippen molar-refractivity contribution in [3.05, 3.63) is 89.4 Å². The summed E-state index contributed by atoms with van der Waals surface area (Å²) in [5.41, 5.74) is 3.75. The van der Waals surface area contributed by atoms with Crippen molar-refractivity contribution in [3.8, 4) is 0 Å². The summed E-state index contributed by atoms with van der Waals surface area (Å²) in [6, 6.07) is 14.2. The van der Waals surface area contributed by atoms with Crippen LogP contribution in [-0.4, -0.2) is 34.2 Å². The van der Waals surface area contributed by atoms with Crippen LogP contribution in [0.25, 0.3) is 10.9 Å². The van der Waals surface area contributed by atoms with E-state index in [2.05, 4.69) is 5.10 Å². The fourth-order valence-corrected chi connectivity index (χ4v) is 4.74. The number of amides is 1. The van der Waals surface area contributed by atoms with Crippen LogP contribution in [-0.2, 0) is 22.4 Å². The molecular weight excluding hydrogens is 434 g/mol. The first-order valence-corrected chi connectivity index (χ1v) is 11.2. The Morgan fingerprint density at radius 2 is 1.88 bits per heavy atom. The first-order chi connectivity index (χ1) is 16.7. The number of ether oxygens (including phenoxy) is 1. The third kappa shape index (κ3) is 3.48. The van der Waals surface area contributed by atoms with E-state index in [9.17, 15) is 9.59 Å². The molecule has 1 amide bonds. The minimum atomic E-state index is -0.519. The maximum absolute atomic E-state index is 13.2. The zero-order chi connectivity index (χ0) is 23.1. The van der Waals surface area contributed by atoms with Crippen LogP contribution in [0.5, 0.6) is 0 Å². The molecule has 8 heteroatoms. The van der Waals surface area contributed by atoms with Crippen LogP contribution in [0.1, 0.15) is 52.0 Å². The van der Waals surface area contributed by atoms with Crippen molar-refractivity contribution in [1.82, 2.24) is 9.99 Å². The van der Waals surface area contributed by atoms with Crippen molar-refractivity contribution in [2.24, 2.45) is 5.10 Å². The second kappa shape index (κ2) is 8.30. The Labute approximate surface area is 194 Å². The molecule has 1 aliphatic heterocycles. The largest absolute Gasteiger partial charge is 0.467 e. The average molecular weight is 455 g/mol. The third-order valence-electron chi connectivity index (χ3n) is 6.29. The van der Waals surface area contributed by atoms with E-state index >= 15 is 0 Å². The Kier molecular flexibility index (Phi) is 4.98. The third-order valence-corrected chi connectivity index (χ3v) is 6.29. The summed E-state index contributed by atoms with van der Waals surface area (Å²) in [7, 11) is 0. The molecule has 0 saturated carbocycles. The molecule has 1 unspecified atom stereocenters. The summed E-state index contributed by atoms with van der Waals surface area (Å²) in [4.78, 5) is 31.1. The highest BCUT2D eigenvalue weighted by atomic mass is 16.5. The van der Waals surface area contributed by atoms with Crippen molar-refractivity contribution >= 4 is 28.5 Å². The molecule has 170 valence electrons. The molecule has 0 bridgehead atoms. The van der Waals surface area contributed by atoms with E-state index in [1.54, 1.807) is 36.8 Å². The van der Waals surface area contributed by atoms with Gasteiger partial charge in [0.2, 0.25) is 0 Å². The molecule has 0 radical (unpaired) electrons. The minimum absolute atomic E-state index is 0.434. The number of carbonyl (C=O) groups is 2. The van der Waals surface area contributed by atoms with Crippen LogP contribution in [0.15, 0.2) is 75.0 Å². The lowest BCUT2D eigenvalue weighted by Crippen LogP contribution is -2.31. The number of aryl methyl sites for hydroxylation is 1. The van der Waals surface area contributed by atoms with E-state index in [4.69, 9.17) is 18.6 Å². The smallest absolute Gasteiger partial charge is 0.339 e. The molecule has 6 rings (SSSR count). The van der Waals surface area contributed by atoms with Gasteiger partial charge in [-0.1, -0.05) is 18.2 Å². The van der Waals surface area contributed by atoms with Crippen LogP contribution in [0.3, 0.4) is 0 Å². The van der Waals surface area contributed by atoms with Crippen molar-refractivity contribution in [2.75, 3.05) is 6.61 Å². The fourth-order valence-electron chi connectivity index (χ4n) is 4.74. The molecular formula is C26H21N3O5. The van der Waals surface area contributed by atoms with E-state index in [1.165, 1.54) is 5.01 Å². The van der Waals surface area contributed by atoms with Gasteiger partial charge in [0.15, 0.2) is 6.61 Å². The lowest BCUT2D eigenvalue weighted by Gasteiger charge is -2.20. The molecule has 1 aromatic carbocycles. The number of para-hydroxylation sites is 1. The molecule has 0 N–H and O–H groups in total. The van der Waals surface area contributed by atoms with E-state index in [-0.39, 0.29) is 0 Å². The summed E-state index contributed by atoms with van der Waals surface area (Å²) < 4.78 is 16.6. The van der Waals surface area contributed by atoms with E-state index in [1.807, 2.05) is 24.3 Å². The second-order valence-corrected chi connectivity index (χ2v) is 8.36. The average Bonchev–Trinajstić information content (AvgIpc) is 3.66. The Morgan fingerprint density at radius 1 is 1.03 bits per heavy atom. The van der Waals surface area contributed by atoms with E-state index < -0.39 is 24.5 Å². The number of nitrogens with zero attached hydrogens (tertiary/aromatic N) is 3. The number of rotatable bonds is 5. The monoisotopic (exact) mass is 455 g/mol. The van der Waals surface area contributed by atoms with Gasteiger partial charge in [0.05, 0.1) is 23.6 Å². The maximum atomic E-state index is 13.2. The molecule has 2 aliphatic rings. The van der Waals surface area contributed by atoms with E-state index in [0.717, 1.165) is 41.4 Å². The Morgan fingerprint density at radius 3 is 2.71 bits per heavy atom. The highest BCUT2D eigenvalue weighted by molar-refractivity contribution is 6.06. The van der Waals surface area contributed by atoms with Crippen molar-refractivity contribution in [2.45, 2.75) is 31.7 Å². The lowest BCUT2D eigenvalue weighted by molar-refractivity contribution is -0.136. The predicted octanol–water partition coefficient (Wildman–Crippen LogP) is 4.44. The van der Waals surface area contributed by atoms with Crippen LogP contribution in [0, 0.1) is 0 Å².